The van der Waals surface area contributed by atoms with Gasteiger partial charge in [0.1, 0.15) is 17.2 Å². The summed E-state index contributed by atoms with van der Waals surface area (Å²) >= 11 is 0. The number of amides is 3. The molecule has 1 aromatic heterocycles. The summed E-state index contributed by atoms with van der Waals surface area (Å²) in [4.78, 5) is 61.2. The van der Waals surface area contributed by atoms with Crippen molar-refractivity contribution in [1.82, 2.24) is 19.9 Å². The Labute approximate surface area is 318 Å². The van der Waals surface area contributed by atoms with Gasteiger partial charge in [0, 0.05) is 29.2 Å². The SMILES string of the molecule is CC(C)OC(=O)C[C@H]1CCCCC/C=C\[C@@H]2C[C@@]2(C(=O)NS(=O)(=O)C2(C)CC2)NC(=O)[C@@H]2C[C@]3(CCc4c(c(C(F)(F)F)nc5ccccc45)O3)CN2C1=O. The lowest BCUT2D eigenvalue weighted by molar-refractivity contribution is -0.153. The molecule has 1 saturated heterocycles. The number of esters is 1. The Morgan fingerprint density at radius 1 is 1.11 bits per heavy atom. The maximum absolute atomic E-state index is 14.6. The van der Waals surface area contributed by atoms with Crippen LogP contribution in [0.1, 0.15) is 103 Å². The second-order valence-corrected chi connectivity index (χ2v) is 18.6. The largest absolute Gasteiger partial charge is 0.483 e. The predicted octanol–water partition coefficient (Wildman–Crippen LogP) is 5.27. The van der Waals surface area contributed by atoms with Crippen molar-refractivity contribution in [2.45, 2.75) is 132 Å². The molecule has 2 saturated carbocycles. The number of hydrogen-bond acceptors (Lipinski definition) is 9. The summed E-state index contributed by atoms with van der Waals surface area (Å²) in [7, 11) is -4.07. The molecule has 4 heterocycles. The molecule has 3 amide bonds. The van der Waals surface area contributed by atoms with Crippen LogP contribution in [0, 0.1) is 11.8 Å². The number of halogens is 3. The molecule has 2 aliphatic carbocycles. The van der Waals surface area contributed by atoms with Crippen molar-refractivity contribution in [2.24, 2.45) is 11.8 Å². The van der Waals surface area contributed by atoms with Gasteiger partial charge in [-0.25, -0.2) is 13.4 Å². The lowest BCUT2D eigenvalue weighted by Gasteiger charge is -2.37. The van der Waals surface area contributed by atoms with E-state index in [1.165, 1.54) is 11.0 Å². The number of nitrogens with zero attached hydrogens (tertiary/aromatic N) is 2. The monoisotopic (exact) mass is 788 g/mol. The van der Waals surface area contributed by atoms with Crippen LogP contribution < -0.4 is 14.8 Å². The molecule has 55 heavy (non-hydrogen) atoms. The summed E-state index contributed by atoms with van der Waals surface area (Å²) in [5.41, 5.74) is -3.81. The average Bonchev–Trinajstić information content (AvgIpc) is 4.00. The molecule has 16 heteroatoms. The number of allylic oxidation sites excluding steroid dienone is 1. The van der Waals surface area contributed by atoms with Gasteiger partial charge in [-0.1, -0.05) is 43.2 Å². The van der Waals surface area contributed by atoms with Gasteiger partial charge in [0.15, 0.2) is 11.4 Å². The van der Waals surface area contributed by atoms with Crippen LogP contribution in [0.25, 0.3) is 10.9 Å². The van der Waals surface area contributed by atoms with Crippen LogP contribution in [0.3, 0.4) is 0 Å². The fourth-order valence-corrected chi connectivity index (χ4v) is 9.63. The van der Waals surface area contributed by atoms with Gasteiger partial charge >= 0.3 is 12.1 Å². The molecule has 298 valence electrons. The van der Waals surface area contributed by atoms with Gasteiger partial charge in [-0.05, 0) is 78.2 Å². The number of rotatable bonds is 6. The molecule has 2 aromatic rings. The summed E-state index contributed by atoms with van der Waals surface area (Å²) in [6, 6.07) is 5.15. The van der Waals surface area contributed by atoms with E-state index in [9.17, 15) is 40.8 Å². The minimum Gasteiger partial charge on any atom is -0.483 e. The van der Waals surface area contributed by atoms with E-state index in [1.807, 2.05) is 6.08 Å². The topological polar surface area (TPSA) is 161 Å². The molecule has 1 aromatic carbocycles. The Kier molecular flexibility index (Phi) is 9.99. The number of hydrogen-bond donors (Lipinski definition) is 2. The van der Waals surface area contributed by atoms with Gasteiger partial charge < -0.3 is 19.7 Å². The van der Waals surface area contributed by atoms with E-state index in [0.29, 0.717) is 49.5 Å². The van der Waals surface area contributed by atoms with E-state index >= 15 is 0 Å². The third-order valence-electron chi connectivity index (χ3n) is 11.9. The van der Waals surface area contributed by atoms with Crippen LogP contribution in [0.4, 0.5) is 13.2 Å². The zero-order valence-corrected chi connectivity index (χ0v) is 32.0. The normalized spacial score (nSPS) is 29.9. The fraction of sp³-hybridized carbons (Fsp3) is 0.615. The van der Waals surface area contributed by atoms with Gasteiger partial charge in [-0.15, -0.1) is 0 Å². The summed E-state index contributed by atoms with van der Waals surface area (Å²) in [5, 5.41) is 3.31. The standard InChI is InChI=1S/C39H47F3N4O8S/c1-23(2)53-30(47)19-24-11-7-5-4-6-8-12-25-20-38(25,35(50)45-55(51,52)36(3)17-18-36)44-33(48)29-21-37(22-46(29)34(24)49)16-15-27-26-13-9-10-14-28(26)43-32(31(27)54-37)39(40,41)42/h8-10,12-14,23-25,29H,4-7,11,15-22H2,1-3H3,(H,44,48)(H,45,50)/b12-8-/t24-,25-,29+,37-,38-/m1/s1. The molecular formula is C39H47F3N4O8S. The molecule has 0 radical (unpaired) electrons. The third kappa shape index (κ3) is 7.54. The van der Waals surface area contributed by atoms with Gasteiger partial charge in [0.05, 0.1) is 29.3 Å². The second kappa shape index (κ2) is 14.1. The number of aryl methyl sites for hydroxylation is 1. The molecule has 7 rings (SSSR count). The Balaban J connectivity index is 1.26. The Hall–Kier alpha value is -4.21. The van der Waals surface area contributed by atoms with Crippen molar-refractivity contribution in [3.63, 3.8) is 0 Å². The van der Waals surface area contributed by atoms with Crippen LogP contribution in [0.2, 0.25) is 0 Å². The first-order chi connectivity index (χ1) is 25.9. The predicted molar refractivity (Wildman–Crippen MR) is 194 cm³/mol. The number of pyridine rings is 1. The molecule has 3 aliphatic heterocycles. The second-order valence-electron chi connectivity index (χ2n) is 16.4. The Morgan fingerprint density at radius 3 is 2.56 bits per heavy atom. The average molecular weight is 789 g/mol. The van der Waals surface area contributed by atoms with E-state index in [2.05, 4.69) is 15.0 Å². The van der Waals surface area contributed by atoms with Gasteiger partial charge in [0.25, 0.3) is 5.91 Å². The number of fused-ring (bicyclic) bond motifs is 5. The molecule has 1 spiro atoms. The first-order valence-corrected chi connectivity index (χ1v) is 20.6. The highest BCUT2D eigenvalue weighted by Crippen LogP contribution is 2.50. The van der Waals surface area contributed by atoms with Gasteiger partial charge in [-0.2, -0.15) is 13.2 Å². The van der Waals surface area contributed by atoms with E-state index in [4.69, 9.17) is 9.47 Å². The summed E-state index contributed by atoms with van der Waals surface area (Å²) < 4.78 is 82.9. The molecule has 3 fully saturated rings. The molecule has 2 N–H and O–H groups in total. The Bertz CT molecular complexity index is 2050. The van der Waals surface area contributed by atoms with Crippen LogP contribution in [0.5, 0.6) is 5.75 Å². The number of benzene rings is 1. The van der Waals surface area contributed by atoms with E-state index < -0.39 is 91.2 Å². The first-order valence-electron chi connectivity index (χ1n) is 19.1. The van der Waals surface area contributed by atoms with E-state index in [-0.39, 0.29) is 44.2 Å². The molecule has 0 unspecified atom stereocenters. The van der Waals surface area contributed by atoms with Crippen molar-refractivity contribution in [2.75, 3.05) is 6.54 Å². The van der Waals surface area contributed by atoms with Crippen LogP contribution in [-0.4, -0.2) is 76.6 Å². The smallest absolute Gasteiger partial charge is 0.437 e. The van der Waals surface area contributed by atoms with Crippen LogP contribution in [0.15, 0.2) is 36.4 Å². The van der Waals surface area contributed by atoms with Crippen molar-refractivity contribution in [1.29, 1.82) is 0 Å². The first kappa shape index (κ1) is 39.0. The summed E-state index contributed by atoms with van der Waals surface area (Å²) in [6.07, 6.45) is 2.06. The summed E-state index contributed by atoms with van der Waals surface area (Å²) in [6.45, 7) is 4.65. The zero-order valence-electron chi connectivity index (χ0n) is 31.2. The number of ether oxygens (including phenoxy) is 2. The highest BCUT2D eigenvalue weighted by atomic mass is 32.2. The van der Waals surface area contributed by atoms with Crippen LogP contribution >= 0.6 is 0 Å². The summed E-state index contributed by atoms with van der Waals surface area (Å²) in [5.74, 6) is -4.69. The highest BCUT2D eigenvalue weighted by Gasteiger charge is 2.64. The highest BCUT2D eigenvalue weighted by molar-refractivity contribution is 7.91. The molecule has 5 aliphatic rings. The van der Waals surface area contributed by atoms with Crippen molar-refractivity contribution in [3.05, 3.63) is 47.7 Å². The Morgan fingerprint density at radius 2 is 1.85 bits per heavy atom. The lowest BCUT2D eigenvalue weighted by atomic mass is 9.87. The van der Waals surface area contributed by atoms with Crippen molar-refractivity contribution < 1.29 is 50.2 Å². The molecule has 12 nitrogen and oxygen atoms in total. The van der Waals surface area contributed by atoms with Crippen molar-refractivity contribution >= 4 is 44.6 Å². The maximum atomic E-state index is 14.6. The fourth-order valence-electron chi connectivity index (χ4n) is 8.32. The lowest BCUT2D eigenvalue weighted by Crippen LogP contribution is -2.57. The van der Waals surface area contributed by atoms with E-state index in [0.717, 1.165) is 6.42 Å². The molecular weight excluding hydrogens is 742 g/mol. The number of carbonyl (C=O) groups excluding carboxylic acids is 4. The number of aromatic nitrogens is 1. The number of alkyl halides is 3. The zero-order chi connectivity index (χ0) is 39.6. The number of carbonyl (C=O) groups is 4. The number of para-hydroxylation sites is 1. The van der Waals surface area contributed by atoms with Crippen molar-refractivity contribution in [3.8, 4) is 5.75 Å². The molecule has 0 bridgehead atoms. The molecule has 5 atom stereocenters. The van der Waals surface area contributed by atoms with Gasteiger partial charge in [0.2, 0.25) is 21.8 Å². The minimum absolute atomic E-state index is 0.111. The quantitative estimate of drug-likeness (QED) is 0.294. The number of nitrogens with one attached hydrogen (secondary N) is 2. The third-order valence-corrected chi connectivity index (χ3v) is 14.0. The van der Waals surface area contributed by atoms with Gasteiger partial charge in [-0.3, -0.25) is 23.9 Å². The maximum Gasteiger partial charge on any atom is 0.437 e. The number of sulfonamides is 1. The minimum atomic E-state index is -4.88. The van der Waals surface area contributed by atoms with Crippen LogP contribution in [-0.2, 0) is 46.5 Å². The van der Waals surface area contributed by atoms with E-state index in [1.54, 1.807) is 45.0 Å².